The summed E-state index contributed by atoms with van der Waals surface area (Å²) >= 11 is 0. The highest BCUT2D eigenvalue weighted by Gasteiger charge is 2.33. The fraction of sp³-hybridized carbons (Fsp3) is 0.375. The number of aromatic nitrogens is 2. The van der Waals surface area contributed by atoms with E-state index in [1.807, 2.05) is 0 Å². The number of aromatic carboxylic acids is 1. The van der Waals surface area contributed by atoms with E-state index in [9.17, 15) is 13.2 Å². The van der Waals surface area contributed by atoms with Crippen molar-refractivity contribution in [1.82, 2.24) is 9.78 Å². The van der Waals surface area contributed by atoms with E-state index in [1.54, 1.807) is 10.7 Å². The van der Waals surface area contributed by atoms with E-state index in [4.69, 9.17) is 9.84 Å². The third-order valence-electron chi connectivity index (χ3n) is 4.62. The SMILES string of the molecule is O=C(O)c1ccc2c(c1)CCN2S(=O)(=O)c1cnn(C2CCOC2)c1. The van der Waals surface area contributed by atoms with E-state index in [2.05, 4.69) is 5.10 Å². The molecule has 1 aromatic heterocycles. The largest absolute Gasteiger partial charge is 0.478 e. The number of rotatable bonds is 4. The summed E-state index contributed by atoms with van der Waals surface area (Å²) in [6.45, 7) is 1.47. The molecule has 4 rings (SSSR count). The number of carboxylic acids is 1. The third kappa shape index (κ3) is 2.69. The molecule has 0 saturated carbocycles. The molecule has 1 fully saturated rings. The summed E-state index contributed by atoms with van der Waals surface area (Å²) in [5.41, 5.74) is 1.41. The van der Waals surface area contributed by atoms with Crippen LogP contribution in [0.2, 0.25) is 0 Å². The quantitative estimate of drug-likeness (QED) is 0.878. The lowest BCUT2D eigenvalue weighted by atomic mass is 10.1. The summed E-state index contributed by atoms with van der Waals surface area (Å²) in [7, 11) is -3.73. The van der Waals surface area contributed by atoms with Gasteiger partial charge in [0.2, 0.25) is 0 Å². The minimum atomic E-state index is -3.73. The number of anilines is 1. The van der Waals surface area contributed by atoms with Gasteiger partial charge >= 0.3 is 5.97 Å². The standard InChI is InChI=1S/C16H17N3O5S/c20-16(21)12-1-2-15-11(7-12)3-5-19(15)25(22,23)14-8-17-18(9-14)13-4-6-24-10-13/h1-2,7-9,13H,3-6,10H2,(H,20,21). The molecule has 1 N–H and O–H groups in total. The van der Waals surface area contributed by atoms with E-state index in [0.717, 1.165) is 12.0 Å². The van der Waals surface area contributed by atoms with Gasteiger partial charge in [0.05, 0.1) is 30.1 Å². The molecule has 9 heteroatoms. The lowest BCUT2D eigenvalue weighted by molar-refractivity contribution is 0.0697. The molecule has 3 heterocycles. The van der Waals surface area contributed by atoms with Gasteiger partial charge in [0.1, 0.15) is 4.90 Å². The van der Waals surface area contributed by atoms with Crippen LogP contribution in [0.15, 0.2) is 35.5 Å². The van der Waals surface area contributed by atoms with Gasteiger partial charge in [-0.05, 0) is 36.6 Å². The average Bonchev–Trinajstić information content (AvgIpc) is 3.32. The monoisotopic (exact) mass is 363 g/mol. The first kappa shape index (κ1) is 16.1. The van der Waals surface area contributed by atoms with Gasteiger partial charge < -0.3 is 9.84 Å². The van der Waals surface area contributed by atoms with E-state index in [1.165, 1.54) is 28.8 Å². The van der Waals surface area contributed by atoms with Gasteiger partial charge in [-0.1, -0.05) is 0 Å². The minimum absolute atomic E-state index is 0.0629. The van der Waals surface area contributed by atoms with Crippen LogP contribution < -0.4 is 4.31 Å². The first-order chi connectivity index (χ1) is 12.0. The predicted octanol–water partition coefficient (Wildman–Crippen LogP) is 1.29. The molecule has 2 aliphatic rings. The molecule has 0 radical (unpaired) electrons. The molecular weight excluding hydrogens is 346 g/mol. The van der Waals surface area contributed by atoms with Crippen molar-refractivity contribution in [3.8, 4) is 0 Å². The molecule has 1 saturated heterocycles. The van der Waals surface area contributed by atoms with E-state index in [0.29, 0.717) is 31.9 Å². The molecule has 8 nitrogen and oxygen atoms in total. The number of nitrogens with zero attached hydrogens (tertiary/aromatic N) is 3. The first-order valence-electron chi connectivity index (χ1n) is 7.97. The third-order valence-corrected chi connectivity index (χ3v) is 6.39. The molecule has 25 heavy (non-hydrogen) atoms. The Labute approximate surface area is 144 Å². The molecule has 2 aliphatic heterocycles. The predicted molar refractivity (Wildman–Crippen MR) is 88.3 cm³/mol. The Kier molecular flexibility index (Phi) is 3.77. The van der Waals surface area contributed by atoms with Crippen LogP contribution >= 0.6 is 0 Å². The van der Waals surface area contributed by atoms with Gasteiger partial charge in [0, 0.05) is 19.3 Å². The number of carboxylic acid groups (broad SMARTS) is 1. The van der Waals surface area contributed by atoms with Crippen molar-refractivity contribution in [2.24, 2.45) is 0 Å². The summed E-state index contributed by atoms with van der Waals surface area (Å²) in [5.74, 6) is -1.02. The number of carbonyl (C=O) groups is 1. The Morgan fingerprint density at radius 1 is 1.36 bits per heavy atom. The van der Waals surface area contributed by atoms with E-state index < -0.39 is 16.0 Å². The molecular formula is C16H17N3O5S. The van der Waals surface area contributed by atoms with E-state index >= 15 is 0 Å². The normalized spacial score (nSPS) is 20.0. The Hall–Kier alpha value is -2.39. The Morgan fingerprint density at radius 3 is 2.92 bits per heavy atom. The second-order valence-electron chi connectivity index (χ2n) is 6.15. The van der Waals surface area contributed by atoms with Gasteiger partial charge in [-0.15, -0.1) is 0 Å². The lowest BCUT2D eigenvalue weighted by Crippen LogP contribution is -2.28. The van der Waals surface area contributed by atoms with Gasteiger partial charge in [-0.2, -0.15) is 5.10 Å². The van der Waals surface area contributed by atoms with Gasteiger partial charge in [0.25, 0.3) is 10.0 Å². The highest BCUT2D eigenvalue weighted by atomic mass is 32.2. The summed E-state index contributed by atoms with van der Waals surface area (Å²) in [6, 6.07) is 4.58. The van der Waals surface area contributed by atoms with Crippen LogP contribution in [0.5, 0.6) is 0 Å². The molecule has 0 spiro atoms. The highest BCUT2D eigenvalue weighted by Crippen LogP contribution is 2.34. The summed E-state index contributed by atoms with van der Waals surface area (Å²) in [6.07, 6.45) is 4.20. The Morgan fingerprint density at radius 2 is 2.20 bits per heavy atom. The van der Waals surface area contributed by atoms with Crippen LogP contribution in [-0.4, -0.2) is 49.0 Å². The fourth-order valence-electron chi connectivity index (χ4n) is 3.27. The number of hydrogen-bond acceptors (Lipinski definition) is 5. The summed E-state index contributed by atoms with van der Waals surface area (Å²) < 4.78 is 34.2. The second kappa shape index (κ2) is 5.85. The smallest absolute Gasteiger partial charge is 0.335 e. The van der Waals surface area contributed by atoms with Gasteiger partial charge in [0.15, 0.2) is 0 Å². The van der Waals surface area contributed by atoms with Gasteiger partial charge in [-0.3, -0.25) is 8.99 Å². The zero-order valence-corrected chi connectivity index (χ0v) is 14.1. The fourth-order valence-corrected chi connectivity index (χ4v) is 4.71. The number of hydrogen-bond donors (Lipinski definition) is 1. The maximum atomic E-state index is 13.0. The van der Waals surface area contributed by atoms with Crippen molar-refractivity contribution >= 4 is 21.7 Å². The van der Waals surface area contributed by atoms with Crippen LogP contribution in [0.4, 0.5) is 5.69 Å². The molecule has 0 amide bonds. The summed E-state index contributed by atoms with van der Waals surface area (Å²) in [4.78, 5) is 11.2. The van der Waals surface area contributed by atoms with Crippen LogP contribution in [-0.2, 0) is 21.2 Å². The molecule has 132 valence electrons. The minimum Gasteiger partial charge on any atom is -0.478 e. The molecule has 0 bridgehead atoms. The first-order valence-corrected chi connectivity index (χ1v) is 9.42. The number of ether oxygens (including phenoxy) is 1. The Bertz CT molecular complexity index is 931. The van der Waals surface area contributed by atoms with Gasteiger partial charge in [-0.25, -0.2) is 13.2 Å². The maximum absolute atomic E-state index is 13.0. The van der Waals surface area contributed by atoms with Crippen molar-refractivity contribution in [2.45, 2.75) is 23.8 Å². The van der Waals surface area contributed by atoms with Crippen molar-refractivity contribution in [3.05, 3.63) is 41.7 Å². The van der Waals surface area contributed by atoms with Crippen molar-refractivity contribution < 1.29 is 23.1 Å². The maximum Gasteiger partial charge on any atom is 0.335 e. The molecule has 1 unspecified atom stereocenters. The number of fused-ring (bicyclic) bond motifs is 1. The molecule has 0 aliphatic carbocycles. The molecule has 1 atom stereocenters. The zero-order valence-electron chi connectivity index (χ0n) is 13.3. The zero-order chi connectivity index (χ0) is 17.6. The highest BCUT2D eigenvalue weighted by molar-refractivity contribution is 7.92. The second-order valence-corrected chi connectivity index (χ2v) is 8.01. The number of sulfonamides is 1. The van der Waals surface area contributed by atoms with Crippen LogP contribution in [0.1, 0.15) is 28.4 Å². The Balaban J connectivity index is 1.65. The topological polar surface area (TPSA) is 102 Å². The summed E-state index contributed by atoms with van der Waals surface area (Å²) in [5, 5.41) is 13.3. The van der Waals surface area contributed by atoms with Crippen LogP contribution in [0, 0.1) is 0 Å². The van der Waals surface area contributed by atoms with Crippen LogP contribution in [0.25, 0.3) is 0 Å². The van der Waals surface area contributed by atoms with E-state index in [-0.39, 0.29) is 16.5 Å². The van der Waals surface area contributed by atoms with Crippen molar-refractivity contribution in [2.75, 3.05) is 24.1 Å². The van der Waals surface area contributed by atoms with Crippen molar-refractivity contribution in [3.63, 3.8) is 0 Å². The average molecular weight is 363 g/mol. The molecule has 1 aromatic carbocycles. The molecule has 2 aromatic rings. The number of benzene rings is 1. The van der Waals surface area contributed by atoms with Crippen molar-refractivity contribution in [1.29, 1.82) is 0 Å². The lowest BCUT2D eigenvalue weighted by Gasteiger charge is -2.18. The van der Waals surface area contributed by atoms with Crippen LogP contribution in [0.3, 0.4) is 0 Å².